The minimum atomic E-state index is -1.40. The molecule has 1 amide bonds. The second-order valence-corrected chi connectivity index (χ2v) is 12.6. The van der Waals surface area contributed by atoms with Gasteiger partial charge in [0.1, 0.15) is 28.6 Å². The summed E-state index contributed by atoms with van der Waals surface area (Å²) in [6.45, 7) is 7.51. The Bertz CT molecular complexity index is 2390. The van der Waals surface area contributed by atoms with Gasteiger partial charge in [0.05, 0.1) is 37.6 Å². The number of esters is 4. The van der Waals surface area contributed by atoms with Crippen LogP contribution in [0.5, 0.6) is 23.0 Å². The Labute approximate surface area is 357 Å². The maximum atomic E-state index is 12.7. The molecule has 0 saturated heterocycles. The molecule has 2 aliphatic rings. The van der Waals surface area contributed by atoms with E-state index < -0.39 is 41.3 Å². The number of terminal acetylenes is 1. The van der Waals surface area contributed by atoms with Crippen molar-refractivity contribution in [2.45, 2.75) is 12.8 Å². The van der Waals surface area contributed by atoms with E-state index in [4.69, 9.17) is 40.6 Å². The molecule has 4 aromatic rings. The van der Waals surface area contributed by atoms with Gasteiger partial charge in [0.2, 0.25) is 5.91 Å². The number of benzene rings is 5. The lowest BCUT2D eigenvalue weighted by Gasteiger charge is -2.11. The third-order valence-corrected chi connectivity index (χ3v) is 8.27. The van der Waals surface area contributed by atoms with Gasteiger partial charge in [0.25, 0.3) is 0 Å². The fraction of sp³-hybridized carbons (Fsp3) is 0.125. The van der Waals surface area contributed by atoms with Crippen molar-refractivity contribution in [2.24, 2.45) is 5.73 Å². The number of carbonyl (C=O) groups is 6. The average molecular weight is 840 g/mol. The Hall–Kier alpha value is -8.44. The Morgan fingerprint density at radius 2 is 1.02 bits per heavy atom. The zero-order chi connectivity index (χ0) is 44.9. The van der Waals surface area contributed by atoms with E-state index in [9.17, 15) is 33.9 Å². The molecule has 0 saturated carbocycles. The van der Waals surface area contributed by atoms with E-state index in [1.54, 1.807) is 36.4 Å². The molecular weight excluding hydrogens is 799 g/mol. The predicted molar refractivity (Wildman–Crippen MR) is 227 cm³/mol. The number of nitrogens with two attached hydrogens (primary N) is 1. The van der Waals surface area contributed by atoms with Crippen LogP contribution in [0.4, 0.5) is 0 Å². The molecule has 6 rings (SSSR count). The van der Waals surface area contributed by atoms with Crippen molar-refractivity contribution in [3.8, 4) is 46.5 Å². The standard InChI is InChI=1S/C33H30O12.C9H7NO.C6H4/c1-3-29(34)42-19-5-17-40-24-11-7-22(8-12-24)32(38)44-26-15-16-28(27(21-26)31(36)37)45-33(39)23-9-13-25(14-10-23)41-18-6-20-43-30(35)4-2;1-2-7-3-5-8(6-4-7)9(10)11;1-2-6-4-3-5(1)6/h3-4,7-16,21H,1-2,5-6,17-20H2,(H,36,37);1,3-6H,(H2,10,11);1-4H. The first-order valence-corrected chi connectivity index (χ1v) is 18.7. The third kappa shape index (κ3) is 14.7. The van der Waals surface area contributed by atoms with E-state index >= 15 is 0 Å². The summed E-state index contributed by atoms with van der Waals surface area (Å²) in [5, 5.41) is 9.68. The van der Waals surface area contributed by atoms with Gasteiger partial charge >= 0.3 is 29.8 Å². The van der Waals surface area contributed by atoms with E-state index in [0.29, 0.717) is 29.9 Å². The summed E-state index contributed by atoms with van der Waals surface area (Å²) in [5.74, 6) is -1.38. The van der Waals surface area contributed by atoms with Gasteiger partial charge in [-0.3, -0.25) is 4.79 Å². The monoisotopic (exact) mass is 839 g/mol. The van der Waals surface area contributed by atoms with Gasteiger partial charge in [0, 0.05) is 36.1 Å². The summed E-state index contributed by atoms with van der Waals surface area (Å²) in [6.07, 6.45) is 8.16. The first-order chi connectivity index (χ1) is 29.9. The smallest absolute Gasteiger partial charge is 0.343 e. The minimum absolute atomic E-state index is 0.0765. The molecular formula is C48H41NO13. The average Bonchev–Trinajstić information content (AvgIpc) is 3.28. The fourth-order valence-electron chi connectivity index (χ4n) is 4.88. The van der Waals surface area contributed by atoms with E-state index in [0.717, 1.165) is 23.8 Å². The molecule has 0 atom stereocenters. The number of hydrogen-bond acceptors (Lipinski definition) is 12. The lowest BCUT2D eigenvalue weighted by molar-refractivity contribution is -0.138. The molecule has 0 radical (unpaired) electrons. The number of hydrogen-bond donors (Lipinski definition) is 2. The lowest BCUT2D eigenvalue weighted by Crippen LogP contribution is -2.13. The molecule has 14 nitrogen and oxygen atoms in total. The van der Waals surface area contributed by atoms with Crippen LogP contribution < -0.4 is 24.7 Å². The van der Waals surface area contributed by atoms with E-state index in [1.807, 2.05) is 0 Å². The Balaban J connectivity index is 0.000000404. The maximum absolute atomic E-state index is 12.7. The van der Waals surface area contributed by atoms with Gasteiger partial charge in [-0.1, -0.05) is 43.3 Å². The summed E-state index contributed by atoms with van der Waals surface area (Å²) in [7, 11) is 0. The van der Waals surface area contributed by atoms with Crippen LogP contribution in [0.3, 0.4) is 0 Å². The summed E-state index contributed by atoms with van der Waals surface area (Å²) in [6, 6.07) is 30.7. The minimum Gasteiger partial charge on any atom is -0.493 e. The van der Waals surface area contributed by atoms with Crippen molar-refractivity contribution in [3.63, 3.8) is 0 Å². The molecule has 0 bridgehead atoms. The highest BCUT2D eigenvalue weighted by molar-refractivity contribution is 5.96. The Morgan fingerprint density at radius 1 is 0.581 bits per heavy atom. The largest absolute Gasteiger partial charge is 0.493 e. The lowest BCUT2D eigenvalue weighted by atomic mass is 9.95. The zero-order valence-electron chi connectivity index (χ0n) is 33.3. The number of carboxylic acids is 1. The fourth-order valence-corrected chi connectivity index (χ4v) is 4.88. The van der Waals surface area contributed by atoms with Crippen molar-refractivity contribution in [2.75, 3.05) is 26.4 Å². The van der Waals surface area contributed by atoms with Crippen molar-refractivity contribution in [1.82, 2.24) is 0 Å². The number of ether oxygens (including phenoxy) is 6. The van der Waals surface area contributed by atoms with Crippen LogP contribution in [0.25, 0.3) is 11.1 Å². The van der Waals surface area contributed by atoms with Gasteiger partial charge in [-0.2, -0.15) is 0 Å². The van der Waals surface area contributed by atoms with E-state index in [1.165, 1.54) is 59.7 Å². The Kier molecular flexibility index (Phi) is 17.8. The number of carboxylic acid groups (broad SMARTS) is 1. The molecule has 14 heteroatoms. The molecule has 3 N–H and O–H groups in total. The number of amides is 1. The highest BCUT2D eigenvalue weighted by Gasteiger charge is 2.19. The summed E-state index contributed by atoms with van der Waals surface area (Å²) >= 11 is 0. The van der Waals surface area contributed by atoms with Crippen LogP contribution in [-0.2, 0) is 19.1 Å². The molecule has 0 aliphatic heterocycles. The number of rotatable bonds is 18. The highest BCUT2D eigenvalue weighted by atomic mass is 16.6. The number of primary amides is 1. The van der Waals surface area contributed by atoms with E-state index in [2.05, 4.69) is 43.3 Å². The van der Waals surface area contributed by atoms with Crippen molar-refractivity contribution < 1.29 is 62.3 Å². The topological polar surface area (TPSA) is 204 Å². The number of carbonyl (C=O) groups excluding carboxylic acids is 5. The highest BCUT2D eigenvalue weighted by Crippen LogP contribution is 2.29. The first-order valence-electron chi connectivity index (χ1n) is 18.7. The molecule has 0 heterocycles. The Morgan fingerprint density at radius 3 is 1.40 bits per heavy atom. The van der Waals surface area contributed by atoms with Crippen LogP contribution in [0, 0.1) is 12.3 Å². The normalized spacial score (nSPS) is 9.98. The second kappa shape index (κ2) is 23.8. The molecule has 0 spiro atoms. The van der Waals surface area contributed by atoms with Crippen LogP contribution >= 0.6 is 0 Å². The quantitative estimate of drug-likeness (QED) is 0.0288. The van der Waals surface area contributed by atoms with Crippen molar-refractivity contribution >= 4 is 35.8 Å². The molecule has 316 valence electrons. The molecule has 0 fully saturated rings. The van der Waals surface area contributed by atoms with Crippen LogP contribution in [0.15, 0.2) is 141 Å². The number of fused-ring (bicyclic) bond motifs is 1. The summed E-state index contributed by atoms with van der Waals surface area (Å²) < 4.78 is 31.4. The van der Waals surface area contributed by atoms with Crippen LogP contribution in [-0.4, -0.2) is 67.3 Å². The molecule has 62 heavy (non-hydrogen) atoms. The van der Waals surface area contributed by atoms with Gasteiger partial charge in [-0.05, 0) is 102 Å². The SMILES string of the molecule is C#Cc1ccc(C(N)=O)cc1.C=CC(=O)OCCCOc1ccc(C(=O)Oc2ccc(OC(=O)c3ccc(OCCCOC(=O)C=C)cc3)c(C(=O)O)c2)cc1.c1cc2ccc1-2. The predicted octanol–water partition coefficient (Wildman–Crippen LogP) is 7.25. The van der Waals surface area contributed by atoms with Gasteiger partial charge in [-0.25, -0.2) is 24.0 Å². The third-order valence-electron chi connectivity index (χ3n) is 8.27. The molecule has 0 unspecified atom stereocenters. The van der Waals surface area contributed by atoms with Crippen molar-refractivity contribution in [3.05, 3.63) is 168 Å². The summed E-state index contributed by atoms with van der Waals surface area (Å²) in [5.41, 5.74) is 9.01. The van der Waals surface area contributed by atoms with Crippen LogP contribution in [0.2, 0.25) is 0 Å². The number of aromatic carboxylic acids is 1. The summed E-state index contributed by atoms with van der Waals surface area (Å²) in [4.78, 5) is 69.8. The van der Waals surface area contributed by atoms with Gasteiger partial charge in [0.15, 0.2) is 0 Å². The van der Waals surface area contributed by atoms with E-state index in [-0.39, 0.29) is 49.1 Å². The van der Waals surface area contributed by atoms with Crippen molar-refractivity contribution in [1.29, 1.82) is 0 Å². The second-order valence-electron chi connectivity index (χ2n) is 12.6. The zero-order valence-corrected chi connectivity index (χ0v) is 33.3. The first kappa shape index (κ1) is 46.3. The molecule has 0 aromatic heterocycles. The molecule has 4 aromatic carbocycles. The molecule has 2 aliphatic carbocycles. The van der Waals surface area contributed by atoms with Crippen LogP contribution in [0.1, 0.15) is 59.8 Å². The maximum Gasteiger partial charge on any atom is 0.343 e. The van der Waals surface area contributed by atoms with Gasteiger partial charge in [-0.15, -0.1) is 6.42 Å². The van der Waals surface area contributed by atoms with Gasteiger partial charge < -0.3 is 39.3 Å².